The fraction of sp³-hybridized carbons (Fsp3) is 0.348. The summed E-state index contributed by atoms with van der Waals surface area (Å²) in [7, 11) is 0. The number of piperidine rings is 1. The van der Waals surface area contributed by atoms with E-state index in [-0.39, 0.29) is 30.0 Å². The molecule has 0 spiro atoms. The van der Waals surface area contributed by atoms with Gasteiger partial charge in [-0.2, -0.15) is 0 Å². The second-order valence-corrected chi connectivity index (χ2v) is 9.43. The highest BCUT2D eigenvalue weighted by atomic mass is 32.1. The number of thiophene rings is 1. The fourth-order valence-corrected chi connectivity index (χ4v) is 5.39. The molecule has 3 aromatic rings. The van der Waals surface area contributed by atoms with Crippen LogP contribution in [0, 0.1) is 11.7 Å². The molecule has 0 unspecified atom stereocenters. The number of carbonyl (C=O) groups excluding carboxylic acids is 2. The summed E-state index contributed by atoms with van der Waals surface area (Å²) in [5.74, 6) is -0.378. The number of thiazole rings is 1. The molecule has 1 aliphatic heterocycles. The Morgan fingerprint density at radius 2 is 2.00 bits per heavy atom. The minimum atomic E-state index is -0.332. The monoisotopic (exact) mass is 457 g/mol. The first-order valence-electron chi connectivity index (χ1n) is 10.4. The maximum Gasteiger partial charge on any atom is 0.226 e. The van der Waals surface area contributed by atoms with Crippen molar-refractivity contribution in [2.45, 2.75) is 25.7 Å². The second kappa shape index (κ2) is 10.2. The zero-order chi connectivity index (χ0) is 21.6. The third kappa shape index (κ3) is 5.77. The van der Waals surface area contributed by atoms with E-state index < -0.39 is 0 Å². The first-order chi connectivity index (χ1) is 15.1. The summed E-state index contributed by atoms with van der Waals surface area (Å²) in [6, 6.07) is 10.2. The van der Waals surface area contributed by atoms with Crippen LogP contribution in [-0.4, -0.2) is 41.3 Å². The van der Waals surface area contributed by atoms with Crippen LogP contribution >= 0.6 is 22.7 Å². The summed E-state index contributed by atoms with van der Waals surface area (Å²) in [4.78, 5) is 32.6. The Hall–Kier alpha value is -2.58. The number of amides is 2. The lowest BCUT2D eigenvalue weighted by Gasteiger charge is -2.31. The molecule has 4 rings (SSSR count). The first kappa shape index (κ1) is 21.6. The normalized spacial score (nSPS) is 14.5. The molecule has 2 aromatic heterocycles. The first-order valence-corrected chi connectivity index (χ1v) is 12.1. The molecule has 31 heavy (non-hydrogen) atoms. The van der Waals surface area contributed by atoms with Crippen LogP contribution in [0.3, 0.4) is 0 Å². The SMILES string of the molecule is O=C(NCCc1csc(-c2cccs2)n1)C1CCN(C(=O)Cc2cccc(F)c2)CC1. The van der Waals surface area contributed by atoms with Gasteiger partial charge in [0.25, 0.3) is 0 Å². The molecule has 1 aliphatic rings. The Kier molecular flexibility index (Phi) is 7.09. The minimum absolute atomic E-state index is 0.0189. The highest BCUT2D eigenvalue weighted by Crippen LogP contribution is 2.27. The van der Waals surface area contributed by atoms with Gasteiger partial charge in [0.2, 0.25) is 11.8 Å². The van der Waals surface area contributed by atoms with Crippen molar-refractivity contribution >= 4 is 34.5 Å². The van der Waals surface area contributed by atoms with Crippen molar-refractivity contribution < 1.29 is 14.0 Å². The summed E-state index contributed by atoms with van der Waals surface area (Å²) >= 11 is 3.30. The molecule has 8 heteroatoms. The van der Waals surface area contributed by atoms with Crippen LogP contribution < -0.4 is 5.32 Å². The number of carbonyl (C=O) groups is 2. The second-order valence-electron chi connectivity index (χ2n) is 7.62. The number of hydrogen-bond donors (Lipinski definition) is 1. The van der Waals surface area contributed by atoms with Crippen LogP contribution in [0.2, 0.25) is 0 Å². The van der Waals surface area contributed by atoms with E-state index >= 15 is 0 Å². The molecular formula is C23H24FN3O2S2. The number of hydrogen-bond acceptors (Lipinski definition) is 5. The van der Waals surface area contributed by atoms with Gasteiger partial charge < -0.3 is 10.2 Å². The molecule has 0 saturated carbocycles. The number of nitrogens with zero attached hydrogens (tertiary/aromatic N) is 2. The van der Waals surface area contributed by atoms with Crippen LogP contribution in [0.15, 0.2) is 47.2 Å². The topological polar surface area (TPSA) is 62.3 Å². The molecule has 1 aromatic carbocycles. The van der Waals surface area contributed by atoms with Gasteiger partial charge in [0, 0.05) is 37.4 Å². The number of nitrogens with one attached hydrogen (secondary N) is 1. The van der Waals surface area contributed by atoms with Crippen molar-refractivity contribution in [1.29, 1.82) is 0 Å². The van der Waals surface area contributed by atoms with Gasteiger partial charge in [-0.3, -0.25) is 9.59 Å². The van der Waals surface area contributed by atoms with Crippen molar-refractivity contribution in [3.05, 3.63) is 64.2 Å². The highest BCUT2D eigenvalue weighted by Gasteiger charge is 2.27. The van der Waals surface area contributed by atoms with Gasteiger partial charge in [-0.25, -0.2) is 9.37 Å². The smallest absolute Gasteiger partial charge is 0.226 e. The molecule has 2 amide bonds. The zero-order valence-corrected chi connectivity index (χ0v) is 18.7. The van der Waals surface area contributed by atoms with Gasteiger partial charge in [-0.1, -0.05) is 18.2 Å². The Morgan fingerprint density at radius 3 is 2.74 bits per heavy atom. The molecule has 0 bridgehead atoms. The summed E-state index contributed by atoms with van der Waals surface area (Å²) in [6.45, 7) is 1.68. The molecule has 0 atom stereocenters. The van der Waals surface area contributed by atoms with Crippen molar-refractivity contribution in [3.8, 4) is 9.88 Å². The average Bonchev–Trinajstić information content (AvgIpc) is 3.46. The van der Waals surface area contributed by atoms with Crippen LogP contribution in [-0.2, 0) is 22.4 Å². The number of halogens is 1. The van der Waals surface area contributed by atoms with Gasteiger partial charge in [0.15, 0.2) is 0 Å². The van der Waals surface area contributed by atoms with Crippen LogP contribution in [0.25, 0.3) is 9.88 Å². The lowest BCUT2D eigenvalue weighted by atomic mass is 9.95. The highest BCUT2D eigenvalue weighted by molar-refractivity contribution is 7.20. The van der Waals surface area contributed by atoms with Crippen molar-refractivity contribution in [2.75, 3.05) is 19.6 Å². The van der Waals surface area contributed by atoms with Crippen molar-refractivity contribution in [1.82, 2.24) is 15.2 Å². The number of benzene rings is 1. The summed E-state index contributed by atoms with van der Waals surface area (Å²) in [5, 5.41) is 8.12. The quantitative estimate of drug-likeness (QED) is 0.580. The maximum absolute atomic E-state index is 13.3. The Balaban J connectivity index is 1.18. The molecule has 162 valence electrons. The van der Waals surface area contributed by atoms with E-state index in [1.54, 1.807) is 39.7 Å². The van der Waals surface area contributed by atoms with Gasteiger partial charge in [-0.15, -0.1) is 22.7 Å². The average molecular weight is 458 g/mol. The van der Waals surface area contributed by atoms with Crippen molar-refractivity contribution in [2.24, 2.45) is 5.92 Å². The third-order valence-corrected chi connectivity index (χ3v) is 7.36. The number of aromatic nitrogens is 1. The standard InChI is InChI=1S/C23H24FN3O2S2/c24-18-4-1-3-16(13-18)14-21(28)27-10-7-17(8-11-27)22(29)25-9-6-19-15-31-23(26-19)20-5-2-12-30-20/h1-5,12-13,15,17H,6-11,14H2,(H,25,29). The molecule has 0 radical (unpaired) electrons. The van der Waals surface area contributed by atoms with Gasteiger partial charge in [0.1, 0.15) is 10.8 Å². The molecular weight excluding hydrogens is 433 g/mol. The number of likely N-dealkylation sites (tertiary alicyclic amines) is 1. The third-order valence-electron chi connectivity index (χ3n) is 5.43. The lowest BCUT2D eigenvalue weighted by Crippen LogP contribution is -2.43. The predicted molar refractivity (Wildman–Crippen MR) is 122 cm³/mol. The van der Waals surface area contributed by atoms with Gasteiger partial charge in [0.05, 0.1) is 17.0 Å². The molecule has 3 heterocycles. The van der Waals surface area contributed by atoms with Gasteiger partial charge in [-0.05, 0) is 42.0 Å². The van der Waals surface area contributed by atoms with E-state index in [0.29, 0.717) is 44.5 Å². The fourth-order valence-electron chi connectivity index (χ4n) is 3.72. The molecule has 1 N–H and O–H groups in total. The summed E-state index contributed by atoms with van der Waals surface area (Å²) < 4.78 is 13.3. The van der Waals surface area contributed by atoms with E-state index in [0.717, 1.165) is 10.7 Å². The molecule has 5 nitrogen and oxygen atoms in total. The minimum Gasteiger partial charge on any atom is -0.355 e. The Labute approximate surface area is 188 Å². The van der Waals surface area contributed by atoms with Crippen LogP contribution in [0.5, 0.6) is 0 Å². The summed E-state index contributed by atoms with van der Waals surface area (Å²) in [6.07, 6.45) is 2.20. The van der Waals surface area contributed by atoms with E-state index in [9.17, 15) is 14.0 Å². The van der Waals surface area contributed by atoms with Gasteiger partial charge >= 0.3 is 0 Å². The number of rotatable bonds is 7. The maximum atomic E-state index is 13.3. The zero-order valence-electron chi connectivity index (χ0n) is 17.1. The van der Waals surface area contributed by atoms with E-state index in [2.05, 4.69) is 16.4 Å². The summed E-state index contributed by atoms with van der Waals surface area (Å²) in [5.41, 5.74) is 1.67. The lowest BCUT2D eigenvalue weighted by molar-refractivity contribution is -0.135. The van der Waals surface area contributed by atoms with Crippen molar-refractivity contribution in [3.63, 3.8) is 0 Å². The Morgan fingerprint density at radius 1 is 1.16 bits per heavy atom. The van der Waals surface area contributed by atoms with Crippen LogP contribution in [0.4, 0.5) is 4.39 Å². The van der Waals surface area contributed by atoms with Crippen LogP contribution in [0.1, 0.15) is 24.1 Å². The van der Waals surface area contributed by atoms with E-state index in [4.69, 9.17) is 0 Å². The molecule has 1 saturated heterocycles. The van der Waals surface area contributed by atoms with E-state index in [1.165, 1.54) is 17.0 Å². The predicted octanol–water partition coefficient (Wildman–Crippen LogP) is 4.15. The largest absolute Gasteiger partial charge is 0.355 e. The molecule has 1 fully saturated rings. The Bertz CT molecular complexity index is 1030. The van der Waals surface area contributed by atoms with E-state index in [1.807, 2.05) is 16.8 Å². The molecule has 0 aliphatic carbocycles.